The Balaban J connectivity index is 1.64. The van der Waals surface area contributed by atoms with Crippen molar-refractivity contribution in [1.29, 1.82) is 0 Å². The van der Waals surface area contributed by atoms with Crippen molar-refractivity contribution in [3.8, 4) is 0 Å². The van der Waals surface area contributed by atoms with Crippen LogP contribution in [0.2, 0.25) is 0 Å². The SMILES string of the molecule is C[N+]1=C2C=CC(S(=O)(=O)NC3(C)CC3)=CC2C(=O)N(CC(=O)c2cccs2)C1=O. The number of amides is 3. The molecule has 0 spiro atoms. The number of nitrogens with one attached hydrogen (secondary N) is 1. The van der Waals surface area contributed by atoms with Gasteiger partial charge < -0.3 is 0 Å². The van der Waals surface area contributed by atoms with Gasteiger partial charge in [-0.15, -0.1) is 11.3 Å². The molecule has 4 rings (SSSR count). The molecule has 1 N–H and O–H groups in total. The van der Waals surface area contributed by atoms with Crippen molar-refractivity contribution in [1.82, 2.24) is 9.62 Å². The van der Waals surface area contributed by atoms with Gasteiger partial charge in [0.2, 0.25) is 15.8 Å². The van der Waals surface area contributed by atoms with E-state index in [2.05, 4.69) is 4.72 Å². The third kappa shape index (κ3) is 3.63. The maximum Gasteiger partial charge on any atom is 0.501 e. The Morgan fingerprint density at radius 1 is 1.34 bits per heavy atom. The summed E-state index contributed by atoms with van der Waals surface area (Å²) in [4.78, 5) is 39.4. The number of rotatable bonds is 6. The van der Waals surface area contributed by atoms with E-state index in [1.807, 2.05) is 6.92 Å². The quantitative estimate of drug-likeness (QED) is 0.540. The van der Waals surface area contributed by atoms with Crippen LogP contribution in [0.1, 0.15) is 29.4 Å². The Hall–Kier alpha value is -2.43. The molecule has 2 aliphatic carbocycles. The molecule has 1 fully saturated rings. The molecule has 0 aromatic carbocycles. The van der Waals surface area contributed by atoms with Crippen LogP contribution >= 0.6 is 11.3 Å². The molecule has 1 aromatic rings. The highest BCUT2D eigenvalue weighted by molar-refractivity contribution is 7.93. The third-order valence-corrected chi connectivity index (χ3v) is 7.86. The van der Waals surface area contributed by atoms with E-state index in [1.165, 1.54) is 41.2 Å². The standard InChI is InChI=1S/C19H20N3O5S2/c1-19(7-8-19)20-29(26,27)12-5-6-14-13(10-12)17(24)22(18(25)21(14)2)11-15(23)16-4-3-9-28-16/h3-6,9-10,13,20H,7-8,11H2,1-2H3/q+1. The van der Waals surface area contributed by atoms with Gasteiger partial charge in [-0.05, 0) is 49.4 Å². The molecule has 152 valence electrons. The van der Waals surface area contributed by atoms with Crippen molar-refractivity contribution in [2.45, 2.75) is 25.3 Å². The molecular weight excluding hydrogens is 414 g/mol. The van der Waals surface area contributed by atoms with Gasteiger partial charge in [0.25, 0.3) is 0 Å². The number of sulfonamides is 1. The van der Waals surface area contributed by atoms with Gasteiger partial charge in [-0.1, -0.05) is 6.07 Å². The van der Waals surface area contributed by atoms with E-state index in [0.29, 0.717) is 10.6 Å². The van der Waals surface area contributed by atoms with Crippen molar-refractivity contribution in [3.05, 3.63) is 45.5 Å². The number of thiophene rings is 1. The van der Waals surface area contributed by atoms with Crippen LogP contribution in [0.3, 0.4) is 0 Å². The molecule has 8 nitrogen and oxygen atoms in total. The number of hydrogen-bond donors (Lipinski definition) is 1. The van der Waals surface area contributed by atoms with E-state index >= 15 is 0 Å². The van der Waals surface area contributed by atoms with Crippen molar-refractivity contribution < 1.29 is 27.4 Å². The van der Waals surface area contributed by atoms with Gasteiger partial charge in [0, 0.05) is 5.54 Å². The number of urea groups is 1. The minimum absolute atomic E-state index is 0.0139. The summed E-state index contributed by atoms with van der Waals surface area (Å²) in [5.74, 6) is -1.90. The number of imide groups is 1. The van der Waals surface area contributed by atoms with Gasteiger partial charge in [0.15, 0.2) is 6.54 Å². The minimum Gasteiger partial charge on any atom is -0.289 e. The first-order valence-electron chi connectivity index (χ1n) is 9.08. The molecule has 1 saturated carbocycles. The number of carbonyl (C=O) groups excluding carboxylic acids is 3. The number of carbonyl (C=O) groups is 3. The van der Waals surface area contributed by atoms with E-state index in [0.717, 1.165) is 17.7 Å². The fourth-order valence-corrected chi connectivity index (χ4v) is 5.49. The number of allylic oxidation sites excluding steroid dienone is 2. The van der Waals surface area contributed by atoms with E-state index in [-0.39, 0.29) is 17.2 Å². The smallest absolute Gasteiger partial charge is 0.289 e. The summed E-state index contributed by atoms with van der Waals surface area (Å²) in [7, 11) is -2.29. The molecule has 0 radical (unpaired) electrons. The Kier molecular flexibility index (Phi) is 4.67. The van der Waals surface area contributed by atoms with Gasteiger partial charge >= 0.3 is 11.9 Å². The average molecular weight is 435 g/mol. The zero-order valence-corrected chi connectivity index (χ0v) is 17.5. The molecule has 1 atom stereocenters. The van der Waals surface area contributed by atoms with Crippen LogP contribution in [0.5, 0.6) is 0 Å². The highest BCUT2D eigenvalue weighted by atomic mass is 32.2. The highest BCUT2D eigenvalue weighted by Crippen LogP contribution is 2.36. The van der Waals surface area contributed by atoms with E-state index < -0.39 is 33.4 Å². The lowest BCUT2D eigenvalue weighted by Gasteiger charge is -2.26. The van der Waals surface area contributed by atoms with Crippen molar-refractivity contribution >= 4 is 44.8 Å². The summed E-state index contributed by atoms with van der Waals surface area (Å²) >= 11 is 1.23. The van der Waals surface area contributed by atoms with Gasteiger partial charge in [-0.25, -0.2) is 17.9 Å². The van der Waals surface area contributed by atoms with E-state index in [4.69, 9.17) is 0 Å². The lowest BCUT2D eigenvalue weighted by atomic mass is 9.94. The third-order valence-electron chi connectivity index (χ3n) is 5.29. The Labute approximate surface area is 172 Å². The molecule has 0 bridgehead atoms. The zero-order chi connectivity index (χ0) is 21.0. The van der Waals surface area contributed by atoms with Crippen molar-refractivity contribution in [2.75, 3.05) is 13.6 Å². The molecule has 1 aliphatic heterocycles. The van der Waals surface area contributed by atoms with Crippen LogP contribution in [0.25, 0.3) is 0 Å². The summed E-state index contributed by atoms with van der Waals surface area (Å²) in [5.41, 5.74) is -0.0589. The number of Topliss-reactive ketones (excluding diaryl/α,β-unsaturated/α-hetero) is 1. The molecular formula is C19H20N3O5S2+. The van der Waals surface area contributed by atoms with Gasteiger partial charge in [0.1, 0.15) is 11.6 Å². The van der Waals surface area contributed by atoms with Crippen LogP contribution in [0.4, 0.5) is 4.79 Å². The summed E-state index contributed by atoms with van der Waals surface area (Å²) in [6.07, 6.45) is 5.74. The molecule has 2 heterocycles. The molecule has 1 unspecified atom stereocenters. The summed E-state index contributed by atoms with van der Waals surface area (Å²) in [6, 6.07) is 2.74. The Morgan fingerprint density at radius 2 is 2.07 bits per heavy atom. The number of hydrogen-bond acceptors (Lipinski definition) is 6. The minimum atomic E-state index is -3.79. The monoisotopic (exact) mass is 434 g/mol. The van der Waals surface area contributed by atoms with Crippen LogP contribution in [-0.4, -0.2) is 60.5 Å². The summed E-state index contributed by atoms with van der Waals surface area (Å²) < 4.78 is 29.3. The number of nitrogens with zero attached hydrogens (tertiary/aromatic N) is 2. The van der Waals surface area contributed by atoms with Crippen LogP contribution in [-0.2, 0) is 14.8 Å². The predicted octanol–water partition coefficient (Wildman–Crippen LogP) is 1.52. The first-order valence-corrected chi connectivity index (χ1v) is 11.4. The lowest BCUT2D eigenvalue weighted by Crippen LogP contribution is -2.55. The maximum absolute atomic E-state index is 13.0. The predicted molar refractivity (Wildman–Crippen MR) is 107 cm³/mol. The molecule has 29 heavy (non-hydrogen) atoms. The first kappa shape index (κ1) is 19.9. The Morgan fingerprint density at radius 3 is 2.69 bits per heavy atom. The largest absolute Gasteiger partial charge is 0.501 e. The first-order chi connectivity index (χ1) is 13.6. The molecule has 1 aromatic heterocycles. The summed E-state index contributed by atoms with van der Waals surface area (Å²) in [6.45, 7) is 1.44. The second-order valence-electron chi connectivity index (χ2n) is 7.64. The topological polar surface area (TPSA) is 104 Å². The van der Waals surface area contributed by atoms with Crippen molar-refractivity contribution in [2.24, 2.45) is 5.92 Å². The zero-order valence-electron chi connectivity index (χ0n) is 15.9. The highest BCUT2D eigenvalue weighted by Gasteiger charge is 2.48. The van der Waals surface area contributed by atoms with Crippen molar-refractivity contribution in [3.63, 3.8) is 0 Å². The molecule has 3 aliphatic rings. The fraction of sp³-hybridized carbons (Fsp3) is 0.368. The second kappa shape index (κ2) is 6.82. The normalized spacial score (nSPS) is 23.2. The van der Waals surface area contributed by atoms with Gasteiger partial charge in [-0.3, -0.25) is 4.79 Å². The lowest BCUT2D eigenvalue weighted by molar-refractivity contribution is -0.406. The second-order valence-corrected chi connectivity index (χ2v) is 10.3. The maximum atomic E-state index is 13.0. The molecule has 10 heteroatoms. The fourth-order valence-electron chi connectivity index (χ4n) is 3.30. The molecule has 0 saturated heterocycles. The Bertz CT molecular complexity index is 1110. The van der Waals surface area contributed by atoms with E-state index in [1.54, 1.807) is 17.5 Å². The van der Waals surface area contributed by atoms with Crippen LogP contribution in [0.15, 0.2) is 40.6 Å². The van der Waals surface area contributed by atoms with Crippen LogP contribution in [0, 0.1) is 5.92 Å². The number of fused-ring (bicyclic) bond motifs is 1. The number of ketones is 1. The summed E-state index contributed by atoms with van der Waals surface area (Å²) in [5, 5.41) is 1.74. The van der Waals surface area contributed by atoms with Crippen LogP contribution < -0.4 is 4.72 Å². The van der Waals surface area contributed by atoms with E-state index in [9.17, 15) is 22.8 Å². The van der Waals surface area contributed by atoms with Gasteiger partial charge in [0.05, 0.1) is 16.8 Å². The average Bonchev–Trinajstić information content (AvgIpc) is 3.16. The van der Waals surface area contributed by atoms with Gasteiger partial charge in [-0.2, -0.15) is 14.3 Å². The molecule has 3 amide bonds.